The number of ketones is 1. The Bertz CT molecular complexity index is 1190. The van der Waals surface area contributed by atoms with Crippen LogP contribution in [0.2, 0.25) is 0 Å². The van der Waals surface area contributed by atoms with Crippen molar-refractivity contribution in [2.75, 3.05) is 18.9 Å². The molecule has 0 atom stereocenters. The van der Waals surface area contributed by atoms with Crippen molar-refractivity contribution in [3.8, 4) is 11.3 Å². The summed E-state index contributed by atoms with van der Waals surface area (Å²) < 4.78 is 11.1. The van der Waals surface area contributed by atoms with Gasteiger partial charge >= 0.3 is 0 Å². The van der Waals surface area contributed by atoms with Crippen LogP contribution in [0.5, 0.6) is 0 Å². The number of rotatable bonds is 6. The Morgan fingerprint density at radius 2 is 1.88 bits per heavy atom. The van der Waals surface area contributed by atoms with Gasteiger partial charge in [0.25, 0.3) is 5.91 Å². The van der Waals surface area contributed by atoms with E-state index in [1.807, 2.05) is 19.1 Å². The molecule has 4 N–H and O–H groups in total. The molecular weight excluding hydrogens is 408 g/mol. The van der Waals surface area contributed by atoms with Gasteiger partial charge in [-0.2, -0.15) is 5.10 Å². The Kier molecular flexibility index (Phi) is 5.24. The van der Waals surface area contributed by atoms with Gasteiger partial charge in [0.05, 0.1) is 24.5 Å². The molecule has 1 saturated carbocycles. The Hall–Kier alpha value is -3.49. The van der Waals surface area contributed by atoms with E-state index in [1.165, 1.54) is 0 Å². The highest BCUT2D eigenvalue weighted by Crippen LogP contribution is 2.32. The van der Waals surface area contributed by atoms with E-state index in [0.717, 1.165) is 24.0 Å². The van der Waals surface area contributed by atoms with Crippen molar-refractivity contribution in [2.45, 2.75) is 32.1 Å². The molecule has 2 aliphatic rings. The molecule has 2 aromatic carbocycles. The number of hydrogen-bond donors (Lipinski definition) is 3. The van der Waals surface area contributed by atoms with Gasteiger partial charge in [-0.25, -0.2) is 0 Å². The van der Waals surface area contributed by atoms with Crippen LogP contribution in [0.25, 0.3) is 11.3 Å². The predicted molar refractivity (Wildman–Crippen MR) is 118 cm³/mol. The number of aromatic nitrogens is 2. The first-order chi connectivity index (χ1) is 15.5. The number of benzene rings is 2. The minimum Gasteiger partial charge on any atom is -0.382 e. The van der Waals surface area contributed by atoms with Crippen molar-refractivity contribution >= 4 is 17.5 Å². The van der Waals surface area contributed by atoms with E-state index in [4.69, 9.17) is 15.2 Å². The fraction of sp³-hybridized carbons (Fsp3) is 0.292. The standard InChI is InChI=1S/C24H24N4O4/c1-13-5-6-15(23(30)26-17-7-8-17)12-18(13)20-19(22(25)28-27-20)21(29)14-3-2-4-16(11-14)24-31-9-10-32-24/h2-6,11-12,17,24H,7-10H2,1H3,(H,26,30)(H3,25,27,28). The summed E-state index contributed by atoms with van der Waals surface area (Å²) in [5.74, 6) is -0.285. The topological polar surface area (TPSA) is 119 Å². The number of anilines is 1. The lowest BCUT2D eigenvalue weighted by molar-refractivity contribution is -0.0441. The van der Waals surface area contributed by atoms with Crippen molar-refractivity contribution in [3.05, 3.63) is 70.3 Å². The number of nitrogens with zero attached hydrogens (tertiary/aromatic N) is 1. The van der Waals surface area contributed by atoms with Gasteiger partial charge in [-0.15, -0.1) is 0 Å². The van der Waals surface area contributed by atoms with Gasteiger partial charge in [0.15, 0.2) is 17.9 Å². The molecule has 0 unspecified atom stereocenters. The number of ether oxygens (including phenoxy) is 2. The molecule has 0 radical (unpaired) electrons. The Morgan fingerprint density at radius 1 is 1.09 bits per heavy atom. The third kappa shape index (κ3) is 3.90. The van der Waals surface area contributed by atoms with Gasteiger partial charge in [0, 0.05) is 28.3 Å². The maximum absolute atomic E-state index is 13.5. The number of amides is 1. The van der Waals surface area contributed by atoms with E-state index in [2.05, 4.69) is 15.5 Å². The molecule has 2 heterocycles. The summed E-state index contributed by atoms with van der Waals surface area (Å²) in [5, 5.41) is 9.98. The van der Waals surface area contributed by atoms with E-state index in [-0.39, 0.29) is 29.1 Å². The number of nitrogens with one attached hydrogen (secondary N) is 2. The van der Waals surface area contributed by atoms with E-state index in [9.17, 15) is 9.59 Å². The smallest absolute Gasteiger partial charge is 0.251 e. The van der Waals surface area contributed by atoms with E-state index in [1.54, 1.807) is 30.3 Å². The molecule has 2 fully saturated rings. The first kappa shape index (κ1) is 20.4. The zero-order valence-corrected chi connectivity index (χ0v) is 17.7. The summed E-state index contributed by atoms with van der Waals surface area (Å²) in [6, 6.07) is 12.8. The van der Waals surface area contributed by atoms with Crippen molar-refractivity contribution in [1.29, 1.82) is 0 Å². The summed E-state index contributed by atoms with van der Waals surface area (Å²) in [7, 11) is 0. The number of nitrogen functional groups attached to an aromatic ring is 1. The lowest BCUT2D eigenvalue weighted by Crippen LogP contribution is -2.25. The summed E-state index contributed by atoms with van der Waals surface area (Å²) in [5.41, 5.74) is 10.2. The Labute approximate surface area is 185 Å². The van der Waals surface area contributed by atoms with Gasteiger partial charge in [-0.05, 0) is 43.5 Å². The maximum Gasteiger partial charge on any atom is 0.251 e. The molecule has 1 amide bonds. The largest absolute Gasteiger partial charge is 0.382 e. The van der Waals surface area contributed by atoms with Gasteiger partial charge in [0.1, 0.15) is 0 Å². The van der Waals surface area contributed by atoms with Crippen molar-refractivity contribution < 1.29 is 19.1 Å². The van der Waals surface area contributed by atoms with E-state index in [0.29, 0.717) is 35.6 Å². The van der Waals surface area contributed by atoms with Crippen LogP contribution in [-0.2, 0) is 9.47 Å². The average molecular weight is 432 g/mol. The number of carbonyl (C=O) groups excluding carboxylic acids is 2. The minimum absolute atomic E-state index is 0.107. The van der Waals surface area contributed by atoms with E-state index >= 15 is 0 Å². The highest BCUT2D eigenvalue weighted by Gasteiger charge is 2.26. The SMILES string of the molecule is Cc1ccc(C(=O)NC2CC2)cc1-c1[nH]nc(N)c1C(=O)c1cccc(C2OCCO2)c1. The third-order valence-corrected chi connectivity index (χ3v) is 5.75. The number of aryl methyl sites for hydroxylation is 1. The normalized spacial score (nSPS) is 16.3. The van der Waals surface area contributed by atoms with E-state index < -0.39 is 6.29 Å². The van der Waals surface area contributed by atoms with Crippen molar-refractivity contribution in [3.63, 3.8) is 0 Å². The number of H-pyrrole nitrogens is 1. The van der Waals surface area contributed by atoms with Crippen molar-refractivity contribution in [1.82, 2.24) is 15.5 Å². The first-order valence-electron chi connectivity index (χ1n) is 10.6. The summed E-state index contributed by atoms with van der Waals surface area (Å²) >= 11 is 0. The van der Waals surface area contributed by atoms with Crippen LogP contribution in [0.15, 0.2) is 42.5 Å². The zero-order chi connectivity index (χ0) is 22.2. The lowest BCUT2D eigenvalue weighted by Gasteiger charge is -2.12. The van der Waals surface area contributed by atoms with Gasteiger partial charge in [-0.1, -0.05) is 24.3 Å². The second kappa shape index (κ2) is 8.22. The number of aromatic amines is 1. The first-order valence-corrected chi connectivity index (χ1v) is 10.6. The summed E-state index contributed by atoms with van der Waals surface area (Å²) in [4.78, 5) is 26.0. The second-order valence-corrected chi connectivity index (χ2v) is 8.16. The molecule has 1 saturated heterocycles. The molecule has 0 bridgehead atoms. The van der Waals surface area contributed by atoms with Crippen LogP contribution in [0, 0.1) is 6.92 Å². The molecule has 1 aliphatic heterocycles. The van der Waals surface area contributed by atoms with Crippen LogP contribution in [-0.4, -0.2) is 41.1 Å². The highest BCUT2D eigenvalue weighted by molar-refractivity contribution is 6.15. The Balaban J connectivity index is 1.50. The second-order valence-electron chi connectivity index (χ2n) is 8.16. The van der Waals surface area contributed by atoms with Crippen LogP contribution in [0.1, 0.15) is 56.5 Å². The molecule has 5 rings (SSSR count). The summed E-state index contributed by atoms with van der Waals surface area (Å²) in [6.45, 7) is 2.95. The molecule has 1 aliphatic carbocycles. The Morgan fingerprint density at radius 3 is 2.62 bits per heavy atom. The average Bonchev–Trinajstić information content (AvgIpc) is 3.29. The molecule has 8 nitrogen and oxygen atoms in total. The fourth-order valence-corrected chi connectivity index (χ4v) is 3.83. The summed E-state index contributed by atoms with van der Waals surface area (Å²) in [6.07, 6.45) is 1.54. The van der Waals surface area contributed by atoms with Crippen LogP contribution in [0.3, 0.4) is 0 Å². The maximum atomic E-state index is 13.5. The molecule has 8 heteroatoms. The van der Waals surface area contributed by atoms with Crippen LogP contribution in [0.4, 0.5) is 5.82 Å². The highest BCUT2D eigenvalue weighted by atomic mass is 16.7. The monoisotopic (exact) mass is 432 g/mol. The molecule has 3 aromatic rings. The third-order valence-electron chi connectivity index (χ3n) is 5.75. The quantitative estimate of drug-likeness (QED) is 0.515. The molecular formula is C24H24N4O4. The predicted octanol–water partition coefficient (Wildman–Crippen LogP) is 3.14. The number of carbonyl (C=O) groups is 2. The van der Waals surface area contributed by atoms with Gasteiger partial charge in [-0.3, -0.25) is 14.7 Å². The van der Waals surface area contributed by atoms with Gasteiger partial charge in [0.2, 0.25) is 0 Å². The molecule has 0 spiro atoms. The fourth-order valence-electron chi connectivity index (χ4n) is 3.83. The molecule has 1 aromatic heterocycles. The van der Waals surface area contributed by atoms with Gasteiger partial charge < -0.3 is 20.5 Å². The minimum atomic E-state index is -0.479. The number of nitrogens with two attached hydrogens (primary N) is 1. The van der Waals surface area contributed by atoms with Crippen LogP contribution >= 0.6 is 0 Å². The lowest BCUT2D eigenvalue weighted by atomic mass is 9.95. The molecule has 32 heavy (non-hydrogen) atoms. The molecule has 164 valence electrons. The zero-order valence-electron chi connectivity index (χ0n) is 17.7. The number of hydrogen-bond acceptors (Lipinski definition) is 6. The van der Waals surface area contributed by atoms with Crippen LogP contribution < -0.4 is 11.1 Å². The van der Waals surface area contributed by atoms with Crippen molar-refractivity contribution in [2.24, 2.45) is 0 Å².